The minimum atomic E-state index is -0.591. The van der Waals surface area contributed by atoms with Crippen LogP contribution in [0.4, 0.5) is 4.39 Å². The molecule has 2 rings (SSSR count). The highest BCUT2D eigenvalue weighted by molar-refractivity contribution is 9.10. The van der Waals surface area contributed by atoms with Gasteiger partial charge in [-0.2, -0.15) is 0 Å². The lowest BCUT2D eigenvalue weighted by atomic mass is 10.2. The summed E-state index contributed by atoms with van der Waals surface area (Å²) in [6.07, 6.45) is 1.42. The first-order chi connectivity index (χ1) is 8.60. The molecule has 2 aromatic rings. The number of nitrogens with zero attached hydrogens (tertiary/aromatic N) is 3. The number of hydrogen-bond acceptors (Lipinski definition) is 4. The van der Waals surface area contributed by atoms with Crippen molar-refractivity contribution in [1.82, 2.24) is 14.8 Å². The molecular formula is C11H9BrFN3O2. The van der Waals surface area contributed by atoms with Gasteiger partial charge in [0.25, 0.3) is 5.82 Å². The summed E-state index contributed by atoms with van der Waals surface area (Å²) in [6, 6.07) is 4.37. The molecule has 94 valence electrons. The summed E-state index contributed by atoms with van der Waals surface area (Å²) >= 11 is 3.26. The van der Waals surface area contributed by atoms with Crippen LogP contribution in [0.15, 0.2) is 29.0 Å². The van der Waals surface area contributed by atoms with Crippen molar-refractivity contribution in [3.63, 3.8) is 0 Å². The first-order valence-electron chi connectivity index (χ1n) is 5.02. The lowest BCUT2D eigenvalue weighted by molar-refractivity contribution is 0.0586. The Balaban J connectivity index is 2.18. The second-order valence-electron chi connectivity index (χ2n) is 3.49. The summed E-state index contributed by atoms with van der Waals surface area (Å²) in [4.78, 5) is 15.0. The van der Waals surface area contributed by atoms with E-state index in [0.29, 0.717) is 11.0 Å². The number of rotatable bonds is 3. The van der Waals surface area contributed by atoms with Gasteiger partial charge in [-0.05, 0) is 17.7 Å². The first-order valence-corrected chi connectivity index (χ1v) is 5.81. The van der Waals surface area contributed by atoms with Gasteiger partial charge in [0, 0.05) is 4.47 Å². The minimum absolute atomic E-state index is 0.00395. The first kappa shape index (κ1) is 12.7. The van der Waals surface area contributed by atoms with E-state index in [9.17, 15) is 9.18 Å². The topological polar surface area (TPSA) is 57.0 Å². The van der Waals surface area contributed by atoms with E-state index in [4.69, 9.17) is 0 Å². The Morgan fingerprint density at radius 1 is 1.56 bits per heavy atom. The van der Waals surface area contributed by atoms with E-state index >= 15 is 0 Å². The molecule has 1 aromatic carbocycles. The molecule has 0 aliphatic rings. The molecule has 0 saturated carbocycles. The van der Waals surface area contributed by atoms with E-state index in [0.717, 1.165) is 5.56 Å². The number of ether oxygens (including phenoxy) is 1. The molecule has 0 aliphatic carbocycles. The molecule has 7 heteroatoms. The van der Waals surface area contributed by atoms with Gasteiger partial charge in [-0.25, -0.2) is 18.9 Å². The molecule has 0 atom stereocenters. The molecule has 0 fully saturated rings. The van der Waals surface area contributed by atoms with Gasteiger partial charge < -0.3 is 4.74 Å². The van der Waals surface area contributed by atoms with Gasteiger partial charge in [-0.3, -0.25) is 0 Å². The second-order valence-corrected chi connectivity index (χ2v) is 4.35. The van der Waals surface area contributed by atoms with Gasteiger partial charge in [0.15, 0.2) is 0 Å². The number of hydrogen-bond donors (Lipinski definition) is 0. The molecule has 0 bridgehead atoms. The lowest BCUT2D eigenvalue weighted by Gasteiger charge is -2.03. The van der Waals surface area contributed by atoms with Crippen molar-refractivity contribution >= 4 is 21.9 Å². The van der Waals surface area contributed by atoms with Crippen molar-refractivity contribution in [2.24, 2.45) is 0 Å². The fraction of sp³-hybridized carbons (Fsp3) is 0.182. The normalized spacial score (nSPS) is 10.4. The number of halogens is 2. The van der Waals surface area contributed by atoms with Crippen LogP contribution in [0.25, 0.3) is 0 Å². The number of methoxy groups -OCH3 is 1. The van der Waals surface area contributed by atoms with Crippen LogP contribution in [0, 0.1) is 5.82 Å². The number of benzene rings is 1. The van der Waals surface area contributed by atoms with Crippen LogP contribution in [0.5, 0.6) is 0 Å². The van der Waals surface area contributed by atoms with Gasteiger partial charge in [0.05, 0.1) is 13.7 Å². The molecule has 18 heavy (non-hydrogen) atoms. The van der Waals surface area contributed by atoms with Crippen molar-refractivity contribution < 1.29 is 13.9 Å². The average molecular weight is 314 g/mol. The highest BCUT2D eigenvalue weighted by Crippen LogP contribution is 2.18. The smallest absolute Gasteiger partial charge is 0.377 e. The monoisotopic (exact) mass is 313 g/mol. The largest absolute Gasteiger partial charge is 0.463 e. The van der Waals surface area contributed by atoms with Crippen LogP contribution >= 0.6 is 15.9 Å². The quantitative estimate of drug-likeness (QED) is 0.813. The van der Waals surface area contributed by atoms with E-state index < -0.39 is 5.97 Å². The Morgan fingerprint density at radius 3 is 3.00 bits per heavy atom. The van der Waals surface area contributed by atoms with Crippen LogP contribution in [0.3, 0.4) is 0 Å². The summed E-state index contributed by atoms with van der Waals surface area (Å²) in [5.41, 5.74) is 0.831. The van der Waals surface area contributed by atoms with Crippen LogP contribution in [0.1, 0.15) is 16.2 Å². The number of carbonyl (C=O) groups is 1. The van der Waals surface area contributed by atoms with E-state index in [2.05, 4.69) is 30.7 Å². The van der Waals surface area contributed by atoms with Gasteiger partial charge in [-0.1, -0.05) is 22.0 Å². The molecule has 0 saturated heterocycles. The molecule has 0 unspecified atom stereocenters. The minimum Gasteiger partial charge on any atom is -0.463 e. The fourth-order valence-corrected chi connectivity index (χ4v) is 1.86. The number of esters is 1. The van der Waals surface area contributed by atoms with Gasteiger partial charge in [0.1, 0.15) is 12.1 Å². The van der Waals surface area contributed by atoms with E-state index in [1.807, 2.05) is 0 Å². The summed E-state index contributed by atoms with van der Waals surface area (Å²) in [5, 5.41) is 3.96. The van der Waals surface area contributed by atoms with Crippen molar-refractivity contribution in [3.05, 3.63) is 46.2 Å². The maximum Gasteiger partial charge on any atom is 0.377 e. The molecule has 1 aromatic heterocycles. The Labute approximate surface area is 111 Å². The van der Waals surface area contributed by atoms with Crippen LogP contribution in [-0.2, 0) is 11.3 Å². The third kappa shape index (κ3) is 2.73. The maximum absolute atomic E-state index is 12.9. The Morgan fingerprint density at radius 2 is 2.33 bits per heavy atom. The molecule has 0 spiro atoms. The number of aromatic nitrogens is 3. The van der Waals surface area contributed by atoms with Gasteiger partial charge in [-0.15, -0.1) is 5.10 Å². The summed E-state index contributed by atoms with van der Waals surface area (Å²) < 4.78 is 19.5. The zero-order valence-electron chi connectivity index (χ0n) is 9.43. The SMILES string of the molecule is COC(=O)c1ncn(Cc2ccc(F)cc2Br)n1. The standard InChI is InChI=1S/C11H9BrFN3O2/c1-18-11(17)10-14-6-16(15-10)5-7-2-3-8(13)4-9(7)12/h2-4,6H,5H2,1H3. The van der Waals surface area contributed by atoms with Crippen molar-refractivity contribution in [1.29, 1.82) is 0 Å². The molecule has 0 radical (unpaired) electrons. The van der Waals surface area contributed by atoms with Crippen LogP contribution in [-0.4, -0.2) is 27.8 Å². The fourth-order valence-electron chi connectivity index (χ4n) is 1.38. The summed E-state index contributed by atoms with van der Waals surface area (Å²) in [7, 11) is 1.26. The lowest BCUT2D eigenvalue weighted by Crippen LogP contribution is -2.06. The third-order valence-corrected chi connectivity index (χ3v) is 2.99. The predicted molar refractivity (Wildman–Crippen MR) is 64.6 cm³/mol. The average Bonchev–Trinajstić information content (AvgIpc) is 2.80. The Bertz CT molecular complexity index is 585. The van der Waals surface area contributed by atoms with E-state index in [-0.39, 0.29) is 11.6 Å². The summed E-state index contributed by atoms with van der Waals surface area (Å²) in [5.74, 6) is -0.915. The third-order valence-electron chi connectivity index (χ3n) is 2.25. The molecule has 0 amide bonds. The van der Waals surface area contributed by atoms with Gasteiger partial charge in [0.2, 0.25) is 0 Å². The van der Waals surface area contributed by atoms with Crippen LogP contribution in [0.2, 0.25) is 0 Å². The zero-order chi connectivity index (χ0) is 13.1. The van der Waals surface area contributed by atoms with E-state index in [1.165, 1.54) is 30.3 Å². The predicted octanol–water partition coefficient (Wildman–Crippen LogP) is 2.01. The summed E-state index contributed by atoms with van der Waals surface area (Å²) in [6.45, 7) is 0.380. The van der Waals surface area contributed by atoms with E-state index in [1.54, 1.807) is 6.07 Å². The zero-order valence-corrected chi connectivity index (χ0v) is 11.0. The number of carbonyl (C=O) groups excluding carboxylic acids is 1. The van der Waals surface area contributed by atoms with Crippen molar-refractivity contribution in [3.8, 4) is 0 Å². The highest BCUT2D eigenvalue weighted by Gasteiger charge is 2.11. The van der Waals surface area contributed by atoms with Crippen molar-refractivity contribution in [2.45, 2.75) is 6.54 Å². The maximum atomic E-state index is 12.9. The van der Waals surface area contributed by atoms with Crippen LogP contribution < -0.4 is 0 Å². The molecular weight excluding hydrogens is 305 g/mol. The molecule has 1 heterocycles. The molecule has 0 N–H and O–H groups in total. The molecule has 0 aliphatic heterocycles. The Kier molecular flexibility index (Phi) is 3.71. The van der Waals surface area contributed by atoms with Gasteiger partial charge >= 0.3 is 5.97 Å². The Hall–Kier alpha value is -1.76. The highest BCUT2D eigenvalue weighted by atomic mass is 79.9. The molecule has 5 nitrogen and oxygen atoms in total. The van der Waals surface area contributed by atoms with Crippen molar-refractivity contribution in [2.75, 3.05) is 7.11 Å². The second kappa shape index (κ2) is 5.26.